The number of nitrogens with one attached hydrogen (secondary N) is 2. The Morgan fingerprint density at radius 3 is 2.42 bits per heavy atom. The number of amidine groups is 1. The Bertz CT molecular complexity index is 555. The van der Waals surface area contributed by atoms with Crippen LogP contribution in [0, 0.1) is 19.3 Å². The van der Waals surface area contributed by atoms with Crippen LogP contribution in [-0.4, -0.2) is 27.9 Å². The standard InChI is InChI=1S/C14H17N3O2/c1-7-5-9(6-8(2)12(7)18)11-13(15)16-14(19)17(11)10-3-4-10/h5-6,10-11,18H,3-4H2,1-2H3,(H2,15,16,19). The van der Waals surface area contributed by atoms with Gasteiger partial charge in [0.2, 0.25) is 0 Å². The molecule has 2 aliphatic rings. The molecule has 1 aromatic carbocycles. The van der Waals surface area contributed by atoms with E-state index in [4.69, 9.17) is 5.41 Å². The molecule has 100 valence electrons. The molecule has 5 nitrogen and oxygen atoms in total. The Balaban J connectivity index is 2.04. The van der Waals surface area contributed by atoms with E-state index in [1.807, 2.05) is 26.0 Å². The molecule has 0 bridgehead atoms. The summed E-state index contributed by atoms with van der Waals surface area (Å²) in [5.41, 5.74) is 2.44. The van der Waals surface area contributed by atoms with Crippen molar-refractivity contribution in [2.24, 2.45) is 0 Å². The maximum atomic E-state index is 11.9. The van der Waals surface area contributed by atoms with Gasteiger partial charge in [-0.2, -0.15) is 0 Å². The highest BCUT2D eigenvalue weighted by atomic mass is 16.3. The summed E-state index contributed by atoms with van der Waals surface area (Å²) >= 11 is 0. The van der Waals surface area contributed by atoms with Crippen molar-refractivity contribution in [3.05, 3.63) is 28.8 Å². The first-order chi connectivity index (χ1) is 8.99. The number of urea groups is 1. The number of carbonyl (C=O) groups is 1. The SMILES string of the molecule is Cc1cc(C2C(=N)NC(=O)N2C2CC2)cc(C)c1O. The molecule has 1 aromatic rings. The van der Waals surface area contributed by atoms with Crippen molar-refractivity contribution in [1.82, 2.24) is 10.2 Å². The van der Waals surface area contributed by atoms with Gasteiger partial charge < -0.3 is 10.0 Å². The predicted octanol–water partition coefficient (Wildman–Crippen LogP) is 2.22. The molecule has 1 heterocycles. The largest absolute Gasteiger partial charge is 0.507 e. The second-order valence-electron chi connectivity index (χ2n) is 5.39. The van der Waals surface area contributed by atoms with Crippen molar-refractivity contribution in [1.29, 1.82) is 5.41 Å². The summed E-state index contributed by atoms with van der Waals surface area (Å²) in [6.45, 7) is 3.67. The minimum absolute atomic E-state index is 0.180. The molecule has 1 saturated heterocycles. The number of aryl methyl sites for hydroxylation is 2. The average molecular weight is 259 g/mol. The molecule has 0 spiro atoms. The van der Waals surface area contributed by atoms with Crippen molar-refractivity contribution in [3.8, 4) is 5.75 Å². The summed E-state index contributed by atoms with van der Waals surface area (Å²) in [6.07, 6.45) is 2.01. The van der Waals surface area contributed by atoms with Gasteiger partial charge in [0.1, 0.15) is 17.6 Å². The highest BCUT2D eigenvalue weighted by Crippen LogP contribution is 2.38. The van der Waals surface area contributed by atoms with Crippen LogP contribution in [0.25, 0.3) is 0 Å². The molecule has 3 rings (SSSR count). The summed E-state index contributed by atoms with van der Waals surface area (Å²) in [7, 11) is 0. The molecule has 3 N–H and O–H groups in total. The van der Waals surface area contributed by atoms with E-state index in [1.54, 1.807) is 4.90 Å². The lowest BCUT2D eigenvalue weighted by Gasteiger charge is -2.23. The van der Waals surface area contributed by atoms with Crippen LogP contribution in [0.4, 0.5) is 4.79 Å². The number of phenolic OH excluding ortho intramolecular Hbond substituents is 1. The molecule has 0 radical (unpaired) electrons. The number of phenols is 1. The lowest BCUT2D eigenvalue weighted by molar-refractivity contribution is 0.202. The molecule has 0 aromatic heterocycles. The molecule has 2 amide bonds. The number of aromatic hydroxyl groups is 1. The summed E-state index contributed by atoms with van der Waals surface area (Å²) in [5.74, 6) is 0.506. The first-order valence-electron chi connectivity index (χ1n) is 6.47. The van der Waals surface area contributed by atoms with Crippen LogP contribution in [0.3, 0.4) is 0 Å². The van der Waals surface area contributed by atoms with E-state index in [0.717, 1.165) is 29.5 Å². The highest BCUT2D eigenvalue weighted by Gasteiger charge is 2.45. The van der Waals surface area contributed by atoms with Crippen molar-refractivity contribution in [2.45, 2.75) is 38.8 Å². The fraction of sp³-hybridized carbons (Fsp3) is 0.429. The Morgan fingerprint density at radius 2 is 1.89 bits per heavy atom. The Morgan fingerprint density at radius 1 is 1.32 bits per heavy atom. The zero-order chi connectivity index (χ0) is 13.7. The zero-order valence-electron chi connectivity index (χ0n) is 11.0. The fourth-order valence-electron chi connectivity index (χ4n) is 2.71. The van der Waals surface area contributed by atoms with Crippen molar-refractivity contribution in [2.75, 3.05) is 0 Å². The van der Waals surface area contributed by atoms with E-state index in [0.29, 0.717) is 0 Å². The monoisotopic (exact) mass is 259 g/mol. The van der Waals surface area contributed by atoms with Gasteiger partial charge in [-0.15, -0.1) is 0 Å². The van der Waals surface area contributed by atoms with Crippen LogP contribution < -0.4 is 5.32 Å². The van der Waals surface area contributed by atoms with Gasteiger partial charge in [0, 0.05) is 6.04 Å². The molecule has 1 aliphatic heterocycles. The normalized spacial score (nSPS) is 22.8. The van der Waals surface area contributed by atoms with E-state index < -0.39 is 0 Å². The van der Waals surface area contributed by atoms with Crippen LogP contribution in [-0.2, 0) is 0 Å². The quantitative estimate of drug-likeness (QED) is 0.761. The first kappa shape index (κ1) is 12.0. The molecule has 1 atom stereocenters. The van der Waals surface area contributed by atoms with Crippen molar-refractivity contribution in [3.63, 3.8) is 0 Å². The van der Waals surface area contributed by atoms with Gasteiger partial charge >= 0.3 is 6.03 Å². The summed E-state index contributed by atoms with van der Waals surface area (Å²) in [5, 5.41) is 20.4. The number of benzene rings is 1. The minimum atomic E-state index is -0.335. The van der Waals surface area contributed by atoms with Gasteiger partial charge in [-0.05, 0) is 55.5 Å². The highest BCUT2D eigenvalue weighted by molar-refractivity contribution is 6.06. The minimum Gasteiger partial charge on any atom is -0.507 e. The maximum absolute atomic E-state index is 11.9. The third-order valence-electron chi connectivity index (χ3n) is 3.80. The van der Waals surface area contributed by atoms with Gasteiger partial charge in [0.05, 0.1) is 0 Å². The van der Waals surface area contributed by atoms with Gasteiger partial charge in [0.25, 0.3) is 0 Å². The second kappa shape index (κ2) is 3.98. The lowest BCUT2D eigenvalue weighted by Crippen LogP contribution is -2.31. The van der Waals surface area contributed by atoms with Gasteiger partial charge in [-0.25, -0.2) is 4.79 Å². The Labute approximate surface area is 111 Å². The third-order valence-corrected chi connectivity index (χ3v) is 3.80. The number of amides is 2. The fourth-order valence-corrected chi connectivity index (χ4v) is 2.71. The van der Waals surface area contributed by atoms with Crippen LogP contribution in [0.2, 0.25) is 0 Å². The first-order valence-corrected chi connectivity index (χ1v) is 6.47. The topological polar surface area (TPSA) is 76.4 Å². The number of hydrogen-bond donors (Lipinski definition) is 3. The van der Waals surface area contributed by atoms with Gasteiger partial charge in [-0.1, -0.05) is 0 Å². The number of hydrogen-bond acceptors (Lipinski definition) is 3. The summed E-state index contributed by atoms with van der Waals surface area (Å²) in [4.78, 5) is 13.7. The molecule has 19 heavy (non-hydrogen) atoms. The number of rotatable bonds is 2. The molecule has 1 aliphatic carbocycles. The van der Waals surface area contributed by atoms with E-state index >= 15 is 0 Å². The molecule has 1 saturated carbocycles. The van der Waals surface area contributed by atoms with E-state index in [2.05, 4.69) is 5.32 Å². The second-order valence-corrected chi connectivity index (χ2v) is 5.39. The van der Waals surface area contributed by atoms with Crippen LogP contribution in [0.5, 0.6) is 5.75 Å². The van der Waals surface area contributed by atoms with Crippen LogP contribution in [0.15, 0.2) is 12.1 Å². The smallest absolute Gasteiger partial charge is 0.323 e. The van der Waals surface area contributed by atoms with Crippen LogP contribution >= 0.6 is 0 Å². The lowest BCUT2D eigenvalue weighted by atomic mass is 9.99. The zero-order valence-corrected chi connectivity index (χ0v) is 11.0. The molecule has 1 unspecified atom stereocenters. The Kier molecular flexibility index (Phi) is 2.52. The number of carbonyl (C=O) groups excluding carboxylic acids is 1. The summed E-state index contributed by atoms with van der Waals surface area (Å²) in [6, 6.07) is 3.45. The van der Waals surface area contributed by atoms with E-state index in [1.165, 1.54) is 0 Å². The molecule has 2 fully saturated rings. The molecular weight excluding hydrogens is 242 g/mol. The Hall–Kier alpha value is -2.04. The summed E-state index contributed by atoms with van der Waals surface area (Å²) < 4.78 is 0. The van der Waals surface area contributed by atoms with Gasteiger partial charge in [-0.3, -0.25) is 10.7 Å². The third kappa shape index (κ3) is 1.85. The molecule has 5 heteroatoms. The van der Waals surface area contributed by atoms with Crippen LogP contribution in [0.1, 0.15) is 35.6 Å². The predicted molar refractivity (Wildman–Crippen MR) is 71.4 cm³/mol. The van der Waals surface area contributed by atoms with E-state index in [-0.39, 0.29) is 29.7 Å². The van der Waals surface area contributed by atoms with Crippen molar-refractivity contribution >= 4 is 11.9 Å². The van der Waals surface area contributed by atoms with E-state index in [9.17, 15) is 9.90 Å². The average Bonchev–Trinajstić information content (AvgIpc) is 3.11. The van der Waals surface area contributed by atoms with Gasteiger partial charge in [0.15, 0.2) is 0 Å². The number of nitrogens with zero attached hydrogens (tertiary/aromatic N) is 1. The molecular formula is C14H17N3O2. The maximum Gasteiger partial charge on any atom is 0.323 e. The van der Waals surface area contributed by atoms with Crippen molar-refractivity contribution < 1.29 is 9.90 Å².